The summed E-state index contributed by atoms with van der Waals surface area (Å²) in [6.45, 7) is 4.51. The molecule has 0 aromatic carbocycles. The van der Waals surface area contributed by atoms with Gasteiger partial charge < -0.3 is 9.84 Å². The number of rotatable bonds is 5. The Kier molecular flexibility index (Phi) is 4.04. The minimum absolute atomic E-state index is 0.0796. The van der Waals surface area contributed by atoms with Gasteiger partial charge in [0.25, 0.3) is 0 Å². The van der Waals surface area contributed by atoms with Crippen molar-refractivity contribution < 1.29 is 8.91 Å². The molecule has 0 radical (unpaired) electrons. The van der Waals surface area contributed by atoms with Crippen molar-refractivity contribution in [3.63, 3.8) is 0 Å². The molecule has 1 N–H and O–H groups in total. The van der Waals surface area contributed by atoms with Crippen molar-refractivity contribution in [3.8, 4) is 0 Å². The predicted molar refractivity (Wildman–Crippen MR) is 65.3 cm³/mol. The second-order valence-electron chi connectivity index (χ2n) is 4.18. The topological polar surface area (TPSA) is 51.0 Å². The van der Waals surface area contributed by atoms with E-state index in [-0.39, 0.29) is 11.9 Å². The van der Waals surface area contributed by atoms with Gasteiger partial charge in [-0.15, -0.1) is 0 Å². The molecular weight excluding hydrogens is 233 g/mol. The van der Waals surface area contributed by atoms with Gasteiger partial charge in [-0.1, -0.05) is 12.1 Å². The molecule has 4 nitrogen and oxygen atoms in total. The van der Waals surface area contributed by atoms with E-state index < -0.39 is 0 Å². The Bertz CT molecular complexity index is 495. The molecule has 0 fully saturated rings. The minimum Gasteiger partial charge on any atom is -0.360 e. The van der Waals surface area contributed by atoms with Crippen LogP contribution in [0.2, 0.25) is 0 Å². The Hall–Kier alpha value is -1.75. The second kappa shape index (κ2) is 5.73. The van der Waals surface area contributed by atoms with Crippen LogP contribution in [-0.2, 0) is 6.54 Å². The van der Waals surface area contributed by atoms with Crippen LogP contribution in [0, 0.1) is 12.7 Å². The second-order valence-corrected chi connectivity index (χ2v) is 4.18. The summed E-state index contributed by atoms with van der Waals surface area (Å²) in [4.78, 5) is 4.08. The molecule has 1 unspecified atom stereocenters. The summed E-state index contributed by atoms with van der Waals surface area (Å²) in [5, 5.41) is 7.14. The number of aromatic nitrogens is 2. The largest absolute Gasteiger partial charge is 0.360 e. The average molecular weight is 249 g/mol. The van der Waals surface area contributed by atoms with Crippen molar-refractivity contribution in [2.24, 2.45) is 0 Å². The van der Waals surface area contributed by atoms with Gasteiger partial charge in [-0.05, 0) is 25.5 Å². The van der Waals surface area contributed by atoms with Gasteiger partial charge in [0, 0.05) is 12.1 Å². The highest BCUT2D eigenvalue weighted by molar-refractivity contribution is 5.10. The van der Waals surface area contributed by atoms with Crippen molar-refractivity contribution in [1.82, 2.24) is 15.5 Å². The van der Waals surface area contributed by atoms with Gasteiger partial charge in [0.2, 0.25) is 0 Å². The van der Waals surface area contributed by atoms with Crippen LogP contribution < -0.4 is 5.32 Å². The molecule has 0 spiro atoms. The van der Waals surface area contributed by atoms with Gasteiger partial charge in [-0.3, -0.25) is 4.98 Å². The van der Waals surface area contributed by atoms with Crippen molar-refractivity contribution in [2.75, 3.05) is 0 Å². The monoisotopic (exact) mass is 249 g/mol. The van der Waals surface area contributed by atoms with E-state index in [1.54, 1.807) is 6.07 Å². The maximum Gasteiger partial charge on any atom is 0.150 e. The molecule has 0 saturated heterocycles. The third-order valence-corrected chi connectivity index (χ3v) is 2.71. The van der Waals surface area contributed by atoms with E-state index in [9.17, 15) is 4.39 Å². The van der Waals surface area contributed by atoms with Crippen LogP contribution in [0.4, 0.5) is 4.39 Å². The number of hydrogen-bond acceptors (Lipinski definition) is 4. The number of halogens is 1. The van der Waals surface area contributed by atoms with E-state index in [1.807, 2.05) is 19.9 Å². The molecule has 0 aliphatic carbocycles. The SMILES string of the molecule is CCC(NCc1cc(C)no1)c1ccc(F)cn1. The molecule has 0 bridgehead atoms. The number of hydrogen-bond donors (Lipinski definition) is 1. The standard InChI is InChI=1S/C13H16FN3O/c1-3-12(13-5-4-10(14)7-15-13)16-8-11-6-9(2)17-18-11/h4-7,12,16H,3,8H2,1-2H3. The lowest BCUT2D eigenvalue weighted by Crippen LogP contribution is -2.21. The molecule has 5 heteroatoms. The van der Waals surface area contributed by atoms with E-state index in [0.29, 0.717) is 6.54 Å². The lowest BCUT2D eigenvalue weighted by atomic mass is 10.1. The highest BCUT2D eigenvalue weighted by atomic mass is 19.1. The zero-order valence-corrected chi connectivity index (χ0v) is 10.5. The molecule has 96 valence electrons. The van der Waals surface area contributed by atoms with Crippen LogP contribution in [0.15, 0.2) is 28.9 Å². The van der Waals surface area contributed by atoms with Gasteiger partial charge in [0.15, 0.2) is 5.76 Å². The Morgan fingerprint density at radius 2 is 2.28 bits per heavy atom. The summed E-state index contributed by atoms with van der Waals surface area (Å²) < 4.78 is 17.9. The van der Waals surface area contributed by atoms with Gasteiger partial charge in [-0.2, -0.15) is 0 Å². The van der Waals surface area contributed by atoms with E-state index in [1.165, 1.54) is 12.3 Å². The molecule has 2 heterocycles. The van der Waals surface area contributed by atoms with Gasteiger partial charge in [0.1, 0.15) is 5.82 Å². The van der Waals surface area contributed by atoms with Gasteiger partial charge in [-0.25, -0.2) is 4.39 Å². The molecule has 2 aromatic heterocycles. The number of pyridine rings is 1. The zero-order valence-electron chi connectivity index (χ0n) is 10.5. The van der Waals surface area contributed by atoms with Crippen LogP contribution in [0.25, 0.3) is 0 Å². The van der Waals surface area contributed by atoms with Crippen LogP contribution in [0.3, 0.4) is 0 Å². The predicted octanol–water partition coefficient (Wildman–Crippen LogP) is 2.76. The first-order valence-electron chi connectivity index (χ1n) is 5.96. The quantitative estimate of drug-likeness (QED) is 0.885. The third-order valence-electron chi connectivity index (χ3n) is 2.71. The summed E-state index contributed by atoms with van der Waals surface area (Å²) in [5.74, 6) is 0.465. The molecule has 2 rings (SSSR count). The van der Waals surface area contributed by atoms with Crippen LogP contribution in [-0.4, -0.2) is 10.1 Å². The molecule has 2 aromatic rings. The van der Waals surface area contributed by atoms with E-state index >= 15 is 0 Å². The molecule has 0 amide bonds. The average Bonchev–Trinajstić information content (AvgIpc) is 2.78. The molecule has 1 atom stereocenters. The number of aryl methyl sites for hydroxylation is 1. The Morgan fingerprint density at radius 1 is 1.44 bits per heavy atom. The Balaban J connectivity index is 1.99. The van der Waals surface area contributed by atoms with Crippen molar-refractivity contribution in [1.29, 1.82) is 0 Å². The van der Waals surface area contributed by atoms with E-state index in [2.05, 4.69) is 15.5 Å². The fraction of sp³-hybridized carbons (Fsp3) is 0.385. The molecule has 0 aliphatic heterocycles. The molecule has 0 saturated carbocycles. The summed E-state index contributed by atoms with van der Waals surface area (Å²) in [6, 6.07) is 5.08. The lowest BCUT2D eigenvalue weighted by Gasteiger charge is -2.15. The third kappa shape index (κ3) is 3.13. The highest BCUT2D eigenvalue weighted by Gasteiger charge is 2.11. The summed E-state index contributed by atoms with van der Waals surface area (Å²) in [5.41, 5.74) is 1.69. The molecule has 18 heavy (non-hydrogen) atoms. The summed E-state index contributed by atoms with van der Waals surface area (Å²) in [7, 11) is 0. The van der Waals surface area contributed by atoms with Crippen molar-refractivity contribution in [3.05, 3.63) is 47.4 Å². The van der Waals surface area contributed by atoms with Crippen molar-refractivity contribution >= 4 is 0 Å². The summed E-state index contributed by atoms with van der Waals surface area (Å²) in [6.07, 6.45) is 2.10. The lowest BCUT2D eigenvalue weighted by molar-refractivity contribution is 0.358. The fourth-order valence-electron chi connectivity index (χ4n) is 1.77. The summed E-state index contributed by atoms with van der Waals surface area (Å²) >= 11 is 0. The van der Waals surface area contributed by atoms with Gasteiger partial charge >= 0.3 is 0 Å². The van der Waals surface area contributed by atoms with Crippen molar-refractivity contribution in [2.45, 2.75) is 32.9 Å². The Labute approximate surface area is 105 Å². The smallest absolute Gasteiger partial charge is 0.150 e. The number of nitrogens with zero attached hydrogens (tertiary/aromatic N) is 2. The van der Waals surface area contributed by atoms with Crippen LogP contribution in [0.1, 0.15) is 36.5 Å². The van der Waals surface area contributed by atoms with Gasteiger partial charge in [0.05, 0.1) is 24.1 Å². The molecular formula is C13H16FN3O. The maximum atomic E-state index is 12.8. The number of nitrogens with one attached hydrogen (secondary N) is 1. The first-order valence-corrected chi connectivity index (χ1v) is 5.96. The van der Waals surface area contributed by atoms with Crippen LogP contribution in [0.5, 0.6) is 0 Å². The van der Waals surface area contributed by atoms with E-state index in [0.717, 1.165) is 23.6 Å². The fourth-order valence-corrected chi connectivity index (χ4v) is 1.77. The zero-order chi connectivity index (χ0) is 13.0. The van der Waals surface area contributed by atoms with Crippen LogP contribution >= 0.6 is 0 Å². The Morgan fingerprint density at radius 3 is 2.83 bits per heavy atom. The molecule has 0 aliphatic rings. The van der Waals surface area contributed by atoms with E-state index in [4.69, 9.17) is 4.52 Å². The maximum absolute atomic E-state index is 12.8. The first-order chi connectivity index (χ1) is 8.69. The first kappa shape index (κ1) is 12.7. The normalized spacial score (nSPS) is 12.6. The highest BCUT2D eigenvalue weighted by Crippen LogP contribution is 2.15. The minimum atomic E-state index is -0.320.